The zero-order valence-corrected chi connectivity index (χ0v) is 19.7. The molecule has 1 N–H and O–H groups in total. The van der Waals surface area contributed by atoms with Gasteiger partial charge in [0, 0.05) is 15.5 Å². The maximum Gasteiger partial charge on any atom is 0.341 e. The van der Waals surface area contributed by atoms with E-state index >= 15 is 0 Å². The molecular formula is C24H24ClNO4S. The number of benzene rings is 2. The van der Waals surface area contributed by atoms with Crippen LogP contribution < -0.4 is 10.1 Å². The van der Waals surface area contributed by atoms with E-state index in [0.717, 1.165) is 27.1 Å². The molecule has 0 saturated carbocycles. The first-order valence-corrected chi connectivity index (χ1v) is 10.9. The first kappa shape index (κ1) is 22.8. The number of carbonyl (C=O) groups excluding carboxylic acids is 2. The fourth-order valence-electron chi connectivity index (χ4n) is 3.37. The molecule has 162 valence electrons. The predicted octanol–water partition coefficient (Wildman–Crippen LogP) is 6.11. The summed E-state index contributed by atoms with van der Waals surface area (Å²) in [6.07, 6.45) is 0. The molecule has 0 atom stereocenters. The average molecular weight is 458 g/mol. The second-order valence-corrected chi connectivity index (χ2v) is 8.89. The highest BCUT2D eigenvalue weighted by Crippen LogP contribution is 2.41. The van der Waals surface area contributed by atoms with Crippen molar-refractivity contribution in [2.75, 3.05) is 19.0 Å². The summed E-state index contributed by atoms with van der Waals surface area (Å²) < 4.78 is 10.8. The number of rotatable bonds is 6. The Bertz CT molecular complexity index is 1150. The lowest BCUT2D eigenvalue weighted by Crippen LogP contribution is -2.21. The van der Waals surface area contributed by atoms with E-state index in [2.05, 4.69) is 5.32 Å². The van der Waals surface area contributed by atoms with E-state index in [1.54, 1.807) is 12.1 Å². The van der Waals surface area contributed by atoms with Gasteiger partial charge in [0.2, 0.25) is 0 Å². The average Bonchev–Trinajstić information content (AvgIpc) is 3.05. The lowest BCUT2D eigenvalue weighted by Gasteiger charge is -2.14. The minimum atomic E-state index is -0.527. The maximum atomic E-state index is 12.7. The SMILES string of the molecule is COC(=O)c1c(NC(=O)COc2c(C)ccc(C)c2C)sc(C)c1-c1cccc(Cl)c1. The lowest BCUT2D eigenvalue weighted by molar-refractivity contribution is -0.118. The maximum absolute atomic E-state index is 12.7. The second kappa shape index (κ2) is 9.54. The number of hydrogen-bond donors (Lipinski definition) is 1. The summed E-state index contributed by atoms with van der Waals surface area (Å²) in [5.41, 5.74) is 4.84. The van der Waals surface area contributed by atoms with E-state index < -0.39 is 5.97 Å². The topological polar surface area (TPSA) is 64.6 Å². The smallest absolute Gasteiger partial charge is 0.341 e. The number of thiophene rings is 1. The van der Waals surface area contributed by atoms with Gasteiger partial charge in [0.15, 0.2) is 6.61 Å². The van der Waals surface area contributed by atoms with Crippen molar-refractivity contribution in [1.82, 2.24) is 0 Å². The van der Waals surface area contributed by atoms with Crippen LogP contribution >= 0.6 is 22.9 Å². The standard InChI is InChI=1S/C24H24ClNO4S/c1-13-9-10-14(2)22(15(13)3)30-12-19(27)26-23-21(24(28)29-5)20(16(4)31-23)17-7-6-8-18(25)11-17/h6-11H,12H2,1-5H3,(H,26,27). The zero-order chi connectivity index (χ0) is 22.7. The minimum Gasteiger partial charge on any atom is -0.483 e. The molecule has 0 aliphatic rings. The molecule has 0 fully saturated rings. The van der Waals surface area contributed by atoms with E-state index in [1.807, 2.05) is 52.0 Å². The number of ether oxygens (including phenoxy) is 2. The Balaban J connectivity index is 1.88. The number of hydrogen-bond acceptors (Lipinski definition) is 5. The van der Waals surface area contributed by atoms with Crippen LogP contribution in [0.1, 0.15) is 31.9 Å². The van der Waals surface area contributed by atoms with E-state index in [1.165, 1.54) is 18.4 Å². The molecule has 1 amide bonds. The van der Waals surface area contributed by atoms with Gasteiger partial charge in [-0.1, -0.05) is 35.9 Å². The van der Waals surface area contributed by atoms with Gasteiger partial charge in [0.1, 0.15) is 16.3 Å². The summed E-state index contributed by atoms with van der Waals surface area (Å²) in [6, 6.07) is 11.2. The van der Waals surface area contributed by atoms with Crippen molar-refractivity contribution in [3.05, 3.63) is 68.6 Å². The van der Waals surface area contributed by atoms with E-state index in [9.17, 15) is 9.59 Å². The summed E-state index contributed by atoms with van der Waals surface area (Å²) in [5, 5.41) is 3.79. The normalized spacial score (nSPS) is 10.6. The first-order valence-electron chi connectivity index (χ1n) is 9.70. The van der Waals surface area contributed by atoms with Gasteiger partial charge in [0.25, 0.3) is 5.91 Å². The number of anilines is 1. The van der Waals surface area contributed by atoms with Crippen LogP contribution in [-0.4, -0.2) is 25.6 Å². The summed E-state index contributed by atoms with van der Waals surface area (Å²) in [7, 11) is 1.31. The molecule has 3 rings (SSSR count). The number of carbonyl (C=O) groups is 2. The van der Waals surface area contributed by atoms with Crippen molar-refractivity contribution in [1.29, 1.82) is 0 Å². The Labute approximate surface area is 191 Å². The third kappa shape index (κ3) is 4.92. The lowest BCUT2D eigenvalue weighted by atomic mass is 10.0. The molecule has 5 nitrogen and oxygen atoms in total. The van der Waals surface area contributed by atoms with Crippen LogP contribution in [0, 0.1) is 27.7 Å². The molecule has 0 spiro atoms. The minimum absolute atomic E-state index is 0.171. The van der Waals surface area contributed by atoms with Gasteiger partial charge in [-0.05, 0) is 62.1 Å². The number of halogens is 1. The molecule has 0 saturated heterocycles. The summed E-state index contributed by atoms with van der Waals surface area (Å²) in [5.74, 6) is -0.185. The molecule has 0 unspecified atom stereocenters. The first-order chi connectivity index (χ1) is 14.7. The van der Waals surface area contributed by atoms with Crippen LogP contribution in [0.3, 0.4) is 0 Å². The van der Waals surface area contributed by atoms with Crippen LogP contribution in [-0.2, 0) is 9.53 Å². The van der Waals surface area contributed by atoms with Crippen molar-refractivity contribution in [3.8, 4) is 16.9 Å². The number of esters is 1. The quantitative estimate of drug-likeness (QED) is 0.454. The predicted molar refractivity (Wildman–Crippen MR) is 126 cm³/mol. The Hall–Kier alpha value is -2.83. The number of aryl methyl sites for hydroxylation is 3. The van der Waals surface area contributed by atoms with Gasteiger partial charge >= 0.3 is 5.97 Å². The van der Waals surface area contributed by atoms with Crippen molar-refractivity contribution in [2.24, 2.45) is 0 Å². The van der Waals surface area contributed by atoms with Crippen molar-refractivity contribution in [3.63, 3.8) is 0 Å². The van der Waals surface area contributed by atoms with E-state index in [-0.39, 0.29) is 12.5 Å². The van der Waals surface area contributed by atoms with Gasteiger partial charge in [-0.3, -0.25) is 4.79 Å². The molecule has 1 aromatic heterocycles. The molecule has 7 heteroatoms. The largest absolute Gasteiger partial charge is 0.483 e. The summed E-state index contributed by atoms with van der Waals surface area (Å²) in [4.78, 5) is 26.1. The van der Waals surface area contributed by atoms with Gasteiger partial charge < -0.3 is 14.8 Å². The molecule has 31 heavy (non-hydrogen) atoms. The van der Waals surface area contributed by atoms with Gasteiger partial charge in [0.05, 0.1) is 7.11 Å². The van der Waals surface area contributed by atoms with Crippen LogP contribution in [0.25, 0.3) is 11.1 Å². The fourth-order valence-corrected chi connectivity index (χ4v) is 4.64. The van der Waals surface area contributed by atoms with Crippen molar-refractivity contribution >= 4 is 39.8 Å². The van der Waals surface area contributed by atoms with Crippen LogP contribution in [0.5, 0.6) is 5.75 Å². The van der Waals surface area contributed by atoms with E-state index in [4.69, 9.17) is 21.1 Å². The molecule has 1 heterocycles. The monoisotopic (exact) mass is 457 g/mol. The highest BCUT2D eigenvalue weighted by atomic mass is 35.5. The van der Waals surface area contributed by atoms with Crippen molar-refractivity contribution < 1.29 is 19.1 Å². The molecule has 3 aromatic rings. The number of amides is 1. The molecule has 0 aliphatic heterocycles. The zero-order valence-electron chi connectivity index (χ0n) is 18.1. The number of nitrogens with one attached hydrogen (secondary N) is 1. The summed E-state index contributed by atoms with van der Waals surface area (Å²) in [6.45, 7) is 7.62. The molecule has 0 bridgehead atoms. The second-order valence-electron chi connectivity index (χ2n) is 7.23. The Kier molecular flexibility index (Phi) is 7.03. The third-order valence-electron chi connectivity index (χ3n) is 5.06. The highest BCUT2D eigenvalue weighted by molar-refractivity contribution is 7.17. The van der Waals surface area contributed by atoms with Crippen molar-refractivity contribution in [2.45, 2.75) is 27.7 Å². The Morgan fingerprint density at radius 1 is 1.06 bits per heavy atom. The van der Waals surface area contributed by atoms with E-state index in [0.29, 0.717) is 26.9 Å². The summed E-state index contributed by atoms with van der Waals surface area (Å²) >= 11 is 7.45. The van der Waals surface area contributed by atoms with Crippen LogP contribution in [0.4, 0.5) is 5.00 Å². The van der Waals surface area contributed by atoms with Gasteiger partial charge in [-0.15, -0.1) is 11.3 Å². The Morgan fingerprint density at radius 3 is 2.45 bits per heavy atom. The molecule has 0 aliphatic carbocycles. The van der Waals surface area contributed by atoms with Gasteiger partial charge in [-0.2, -0.15) is 0 Å². The van der Waals surface area contributed by atoms with Gasteiger partial charge in [-0.25, -0.2) is 4.79 Å². The van der Waals surface area contributed by atoms with Crippen LogP contribution in [0.2, 0.25) is 5.02 Å². The van der Waals surface area contributed by atoms with Crippen LogP contribution in [0.15, 0.2) is 36.4 Å². The fraction of sp³-hybridized carbons (Fsp3) is 0.250. The highest BCUT2D eigenvalue weighted by Gasteiger charge is 2.25. The molecule has 2 aromatic carbocycles. The Morgan fingerprint density at radius 2 is 1.77 bits per heavy atom. The molecular weight excluding hydrogens is 434 g/mol. The molecule has 0 radical (unpaired) electrons. The third-order valence-corrected chi connectivity index (χ3v) is 6.32. The number of methoxy groups -OCH3 is 1.